The van der Waals surface area contributed by atoms with E-state index in [1.54, 1.807) is 0 Å². The third-order valence-corrected chi connectivity index (χ3v) is 6.01. The maximum Gasteiger partial charge on any atom is 0.119 e. The molecule has 0 saturated carbocycles. The van der Waals surface area contributed by atoms with Crippen LogP contribution in [0.4, 0.5) is 0 Å². The summed E-state index contributed by atoms with van der Waals surface area (Å²) >= 11 is 0. The van der Waals surface area contributed by atoms with E-state index in [2.05, 4.69) is 47.9 Å². The zero-order valence-corrected chi connectivity index (χ0v) is 18.6. The fourth-order valence-corrected chi connectivity index (χ4v) is 3.99. The molecular formula is C25H44N2O. The average molecular weight is 389 g/mol. The fourth-order valence-electron chi connectivity index (χ4n) is 3.99. The Balaban J connectivity index is 1.48. The molecule has 0 aliphatic carbocycles. The van der Waals surface area contributed by atoms with E-state index in [-0.39, 0.29) is 0 Å². The number of unbranched alkanes of at least 4 members (excludes halogenated alkanes) is 9. The van der Waals surface area contributed by atoms with Gasteiger partial charge in [0.25, 0.3) is 0 Å². The first-order valence-corrected chi connectivity index (χ1v) is 12.0. The van der Waals surface area contributed by atoms with Gasteiger partial charge in [0.2, 0.25) is 0 Å². The van der Waals surface area contributed by atoms with Crippen LogP contribution < -0.4 is 4.74 Å². The standard InChI is InChI=1S/C25H44N2O/c1-3-5-6-7-8-9-10-11-12-13-22-28-25-16-14-24(15-17-25)23-27-20-18-26(4-2)19-21-27/h14-17H,3-13,18-23H2,1-2H3. The Kier molecular flexibility index (Phi) is 12.3. The number of ether oxygens (including phenoxy) is 1. The molecular weight excluding hydrogens is 344 g/mol. The van der Waals surface area contributed by atoms with Crippen molar-refractivity contribution in [3.63, 3.8) is 0 Å². The molecule has 160 valence electrons. The molecule has 0 aromatic heterocycles. The average Bonchev–Trinajstić information content (AvgIpc) is 2.74. The van der Waals surface area contributed by atoms with Crippen molar-refractivity contribution in [3.8, 4) is 5.75 Å². The third kappa shape index (κ3) is 9.93. The summed E-state index contributed by atoms with van der Waals surface area (Å²) in [6.07, 6.45) is 13.7. The smallest absolute Gasteiger partial charge is 0.119 e. The van der Waals surface area contributed by atoms with Gasteiger partial charge in [0, 0.05) is 32.7 Å². The molecule has 2 rings (SSSR count). The van der Waals surface area contributed by atoms with Crippen LogP contribution in [0, 0.1) is 0 Å². The van der Waals surface area contributed by atoms with Gasteiger partial charge < -0.3 is 9.64 Å². The molecule has 1 heterocycles. The molecule has 0 N–H and O–H groups in total. The van der Waals surface area contributed by atoms with E-state index in [1.807, 2.05) is 0 Å². The topological polar surface area (TPSA) is 15.7 Å². The van der Waals surface area contributed by atoms with Crippen molar-refractivity contribution < 1.29 is 4.74 Å². The highest BCUT2D eigenvalue weighted by atomic mass is 16.5. The molecule has 1 aliphatic rings. The van der Waals surface area contributed by atoms with Crippen molar-refractivity contribution in [1.29, 1.82) is 0 Å². The summed E-state index contributed by atoms with van der Waals surface area (Å²) < 4.78 is 5.93. The van der Waals surface area contributed by atoms with Gasteiger partial charge in [0.05, 0.1) is 6.61 Å². The molecule has 0 radical (unpaired) electrons. The maximum atomic E-state index is 5.93. The number of hydrogen-bond acceptors (Lipinski definition) is 3. The SMILES string of the molecule is CCCCCCCCCCCCOc1ccc(CN2CCN(CC)CC2)cc1. The van der Waals surface area contributed by atoms with Gasteiger partial charge in [-0.1, -0.05) is 83.8 Å². The highest BCUT2D eigenvalue weighted by Crippen LogP contribution is 2.16. The summed E-state index contributed by atoms with van der Waals surface area (Å²) in [5, 5.41) is 0. The molecule has 1 saturated heterocycles. The molecule has 0 unspecified atom stereocenters. The Morgan fingerprint density at radius 2 is 1.21 bits per heavy atom. The van der Waals surface area contributed by atoms with E-state index in [9.17, 15) is 0 Å². The minimum Gasteiger partial charge on any atom is -0.494 e. The predicted molar refractivity (Wildman–Crippen MR) is 121 cm³/mol. The van der Waals surface area contributed by atoms with Crippen LogP contribution in [-0.4, -0.2) is 49.1 Å². The molecule has 0 amide bonds. The summed E-state index contributed by atoms with van der Waals surface area (Å²) in [4.78, 5) is 5.09. The number of hydrogen-bond donors (Lipinski definition) is 0. The largest absolute Gasteiger partial charge is 0.494 e. The van der Waals surface area contributed by atoms with E-state index in [0.717, 1.165) is 18.9 Å². The minimum atomic E-state index is 0.856. The van der Waals surface area contributed by atoms with Crippen molar-refractivity contribution in [2.45, 2.75) is 84.6 Å². The van der Waals surface area contributed by atoms with Gasteiger partial charge >= 0.3 is 0 Å². The Morgan fingerprint density at radius 3 is 1.79 bits per heavy atom. The number of nitrogens with zero attached hydrogens (tertiary/aromatic N) is 2. The van der Waals surface area contributed by atoms with Gasteiger partial charge in [-0.15, -0.1) is 0 Å². The lowest BCUT2D eigenvalue weighted by atomic mass is 10.1. The van der Waals surface area contributed by atoms with Gasteiger partial charge in [0.15, 0.2) is 0 Å². The molecule has 3 heteroatoms. The Bertz CT molecular complexity index is 480. The first-order valence-electron chi connectivity index (χ1n) is 12.0. The molecule has 1 aliphatic heterocycles. The molecule has 28 heavy (non-hydrogen) atoms. The molecule has 0 atom stereocenters. The Labute approximate surface area is 174 Å². The van der Waals surface area contributed by atoms with Gasteiger partial charge in [-0.3, -0.25) is 4.90 Å². The number of benzene rings is 1. The molecule has 0 spiro atoms. The highest BCUT2D eigenvalue weighted by Gasteiger charge is 2.15. The second-order valence-electron chi connectivity index (χ2n) is 8.38. The van der Waals surface area contributed by atoms with Gasteiger partial charge in [-0.25, -0.2) is 0 Å². The van der Waals surface area contributed by atoms with E-state index in [0.29, 0.717) is 0 Å². The van der Waals surface area contributed by atoms with Crippen LogP contribution in [0.5, 0.6) is 5.75 Å². The van der Waals surface area contributed by atoms with E-state index >= 15 is 0 Å². The van der Waals surface area contributed by atoms with Crippen molar-refractivity contribution >= 4 is 0 Å². The van der Waals surface area contributed by atoms with Crippen LogP contribution >= 0.6 is 0 Å². The first-order chi connectivity index (χ1) is 13.8. The zero-order valence-electron chi connectivity index (χ0n) is 18.6. The lowest BCUT2D eigenvalue weighted by Crippen LogP contribution is -2.45. The molecule has 0 bridgehead atoms. The molecule has 1 aromatic carbocycles. The normalized spacial score (nSPS) is 15.8. The van der Waals surface area contributed by atoms with Crippen LogP contribution in [0.25, 0.3) is 0 Å². The van der Waals surface area contributed by atoms with Crippen molar-refractivity contribution in [3.05, 3.63) is 29.8 Å². The van der Waals surface area contributed by atoms with Crippen molar-refractivity contribution in [2.75, 3.05) is 39.3 Å². The minimum absolute atomic E-state index is 0.856. The van der Waals surface area contributed by atoms with E-state index < -0.39 is 0 Å². The van der Waals surface area contributed by atoms with Crippen LogP contribution in [0.2, 0.25) is 0 Å². The van der Waals surface area contributed by atoms with Crippen LogP contribution in [0.3, 0.4) is 0 Å². The lowest BCUT2D eigenvalue weighted by molar-refractivity contribution is 0.132. The summed E-state index contributed by atoms with van der Waals surface area (Å²) in [5.41, 5.74) is 1.40. The second kappa shape index (κ2) is 14.9. The van der Waals surface area contributed by atoms with Gasteiger partial charge in [0.1, 0.15) is 5.75 Å². The summed E-state index contributed by atoms with van der Waals surface area (Å²) in [6.45, 7) is 12.4. The summed E-state index contributed by atoms with van der Waals surface area (Å²) in [7, 11) is 0. The molecule has 1 fully saturated rings. The Hall–Kier alpha value is -1.06. The second-order valence-corrected chi connectivity index (χ2v) is 8.38. The zero-order chi connectivity index (χ0) is 19.9. The highest BCUT2D eigenvalue weighted by molar-refractivity contribution is 5.27. The van der Waals surface area contributed by atoms with Gasteiger partial charge in [-0.2, -0.15) is 0 Å². The summed E-state index contributed by atoms with van der Waals surface area (Å²) in [5.74, 6) is 1.02. The van der Waals surface area contributed by atoms with Crippen LogP contribution in [-0.2, 0) is 6.54 Å². The van der Waals surface area contributed by atoms with Gasteiger partial charge in [-0.05, 0) is 30.7 Å². The number of piperazine rings is 1. The quantitative estimate of drug-likeness (QED) is 0.336. The third-order valence-electron chi connectivity index (χ3n) is 6.01. The van der Waals surface area contributed by atoms with Crippen LogP contribution in [0.15, 0.2) is 24.3 Å². The fraction of sp³-hybridized carbons (Fsp3) is 0.760. The molecule has 1 aromatic rings. The lowest BCUT2D eigenvalue weighted by Gasteiger charge is -2.34. The predicted octanol–water partition coefficient (Wildman–Crippen LogP) is 6.12. The first kappa shape index (κ1) is 23.2. The summed E-state index contributed by atoms with van der Waals surface area (Å²) in [6, 6.07) is 8.77. The maximum absolute atomic E-state index is 5.93. The number of likely N-dealkylation sites (N-methyl/N-ethyl adjacent to an activating group) is 1. The van der Waals surface area contributed by atoms with E-state index in [1.165, 1.54) is 102 Å². The number of rotatable bonds is 15. The monoisotopic (exact) mass is 388 g/mol. The van der Waals surface area contributed by atoms with Crippen molar-refractivity contribution in [2.24, 2.45) is 0 Å². The molecule has 3 nitrogen and oxygen atoms in total. The van der Waals surface area contributed by atoms with E-state index in [4.69, 9.17) is 4.74 Å². The van der Waals surface area contributed by atoms with Crippen LogP contribution in [0.1, 0.15) is 83.6 Å². The van der Waals surface area contributed by atoms with Crippen molar-refractivity contribution in [1.82, 2.24) is 9.80 Å². The Morgan fingerprint density at radius 1 is 0.679 bits per heavy atom.